The van der Waals surface area contributed by atoms with Gasteiger partial charge in [-0.25, -0.2) is 4.39 Å². The molecule has 2 amide bonds. The van der Waals surface area contributed by atoms with Crippen LogP contribution in [0.3, 0.4) is 0 Å². The standard InChI is InChI=1S/C27H40FN3O2.H2/c1-26(2,3)11-16-30-17-12-27(13-18-30)10-8-23(21-7-6-20(28)19-22(21)27)29-24(32)9-15-31-14-4-5-25(31)33;/h6-7,19,23H,4-5,8-18H2,1-3H3,(H,29,32);1H/t23-;/m1./s1. The van der Waals surface area contributed by atoms with E-state index >= 15 is 0 Å². The second-order valence-corrected chi connectivity index (χ2v) is 11.6. The average molecular weight is 460 g/mol. The Morgan fingerprint density at radius 2 is 1.94 bits per heavy atom. The Bertz CT molecular complexity index is 877. The summed E-state index contributed by atoms with van der Waals surface area (Å²) in [6.07, 6.45) is 6.95. The first-order valence-electron chi connectivity index (χ1n) is 12.7. The van der Waals surface area contributed by atoms with E-state index in [2.05, 4.69) is 31.0 Å². The van der Waals surface area contributed by atoms with Crippen LogP contribution in [0.15, 0.2) is 18.2 Å². The van der Waals surface area contributed by atoms with Crippen LogP contribution in [0.2, 0.25) is 0 Å². The van der Waals surface area contributed by atoms with E-state index in [1.165, 1.54) is 12.5 Å². The summed E-state index contributed by atoms with van der Waals surface area (Å²) in [6, 6.07) is 5.05. The molecule has 1 spiro atoms. The van der Waals surface area contributed by atoms with Gasteiger partial charge in [-0.05, 0) is 92.2 Å². The second kappa shape index (κ2) is 9.73. The third kappa shape index (κ3) is 5.76. The molecule has 1 aliphatic carbocycles. The third-order valence-electron chi connectivity index (χ3n) is 7.98. The number of halogens is 1. The fraction of sp³-hybridized carbons (Fsp3) is 0.704. The zero-order valence-electron chi connectivity index (χ0n) is 20.6. The number of amides is 2. The molecule has 1 atom stereocenters. The third-order valence-corrected chi connectivity index (χ3v) is 7.98. The number of hydrogen-bond acceptors (Lipinski definition) is 3. The van der Waals surface area contributed by atoms with Crippen LogP contribution < -0.4 is 5.32 Å². The molecule has 0 radical (unpaired) electrons. The van der Waals surface area contributed by atoms with Crippen LogP contribution in [-0.2, 0) is 15.0 Å². The number of carbonyl (C=O) groups is 2. The van der Waals surface area contributed by atoms with E-state index in [1.807, 2.05) is 6.07 Å². The normalized spacial score (nSPS) is 23.1. The van der Waals surface area contributed by atoms with E-state index in [4.69, 9.17) is 0 Å². The number of likely N-dealkylation sites (tertiary alicyclic amines) is 2. The van der Waals surface area contributed by atoms with Crippen LogP contribution in [0, 0.1) is 11.2 Å². The van der Waals surface area contributed by atoms with Gasteiger partial charge in [-0.15, -0.1) is 0 Å². The highest BCUT2D eigenvalue weighted by Crippen LogP contribution is 2.48. The molecule has 2 fully saturated rings. The number of carbonyl (C=O) groups excluding carboxylic acids is 2. The predicted molar refractivity (Wildman–Crippen MR) is 130 cm³/mol. The lowest BCUT2D eigenvalue weighted by Gasteiger charge is -2.47. The van der Waals surface area contributed by atoms with Gasteiger partial charge in [-0.1, -0.05) is 26.8 Å². The Hall–Kier alpha value is -1.95. The summed E-state index contributed by atoms with van der Waals surface area (Å²) in [4.78, 5) is 28.8. The molecule has 0 unspecified atom stereocenters. The molecule has 33 heavy (non-hydrogen) atoms. The number of piperidine rings is 1. The Labute approximate surface area is 199 Å². The highest BCUT2D eigenvalue weighted by molar-refractivity contribution is 5.80. The van der Waals surface area contributed by atoms with Crippen molar-refractivity contribution in [3.05, 3.63) is 35.1 Å². The molecule has 0 aromatic heterocycles. The summed E-state index contributed by atoms with van der Waals surface area (Å²) in [7, 11) is 0. The van der Waals surface area contributed by atoms with Gasteiger partial charge in [0.15, 0.2) is 0 Å². The Kier molecular flexibility index (Phi) is 7.13. The quantitative estimate of drug-likeness (QED) is 0.665. The van der Waals surface area contributed by atoms with Crippen molar-refractivity contribution in [2.75, 3.05) is 32.7 Å². The molecule has 5 nitrogen and oxygen atoms in total. The lowest BCUT2D eigenvalue weighted by molar-refractivity contribution is -0.128. The maximum Gasteiger partial charge on any atom is 0.222 e. The molecule has 184 valence electrons. The van der Waals surface area contributed by atoms with E-state index in [1.54, 1.807) is 11.0 Å². The van der Waals surface area contributed by atoms with Crippen molar-refractivity contribution in [1.82, 2.24) is 15.1 Å². The lowest BCUT2D eigenvalue weighted by Crippen LogP contribution is -2.47. The zero-order chi connectivity index (χ0) is 23.6. The molecule has 6 heteroatoms. The second-order valence-electron chi connectivity index (χ2n) is 11.6. The Morgan fingerprint density at radius 1 is 1.18 bits per heavy atom. The van der Waals surface area contributed by atoms with E-state index in [9.17, 15) is 14.0 Å². The van der Waals surface area contributed by atoms with Gasteiger partial charge >= 0.3 is 0 Å². The largest absolute Gasteiger partial charge is 0.349 e. The van der Waals surface area contributed by atoms with Crippen molar-refractivity contribution in [3.8, 4) is 0 Å². The molecule has 1 aromatic carbocycles. The molecule has 2 aliphatic heterocycles. The van der Waals surface area contributed by atoms with E-state index in [0.29, 0.717) is 24.8 Å². The van der Waals surface area contributed by atoms with E-state index in [-0.39, 0.29) is 30.5 Å². The summed E-state index contributed by atoms with van der Waals surface area (Å²) in [5, 5.41) is 3.19. The minimum Gasteiger partial charge on any atom is -0.349 e. The zero-order valence-corrected chi connectivity index (χ0v) is 20.6. The number of rotatable bonds is 6. The van der Waals surface area contributed by atoms with Gasteiger partial charge < -0.3 is 15.1 Å². The molecule has 1 N–H and O–H groups in total. The van der Waals surface area contributed by atoms with Crippen molar-refractivity contribution in [2.45, 2.75) is 83.6 Å². The highest BCUT2D eigenvalue weighted by atomic mass is 19.1. The number of hydrogen-bond donors (Lipinski definition) is 1. The summed E-state index contributed by atoms with van der Waals surface area (Å²) >= 11 is 0. The van der Waals surface area contributed by atoms with Crippen LogP contribution in [-0.4, -0.2) is 54.3 Å². The van der Waals surface area contributed by atoms with Crippen molar-refractivity contribution in [2.24, 2.45) is 5.41 Å². The van der Waals surface area contributed by atoms with Gasteiger partial charge in [-0.2, -0.15) is 0 Å². The molecule has 0 bridgehead atoms. The van der Waals surface area contributed by atoms with E-state index < -0.39 is 0 Å². The topological polar surface area (TPSA) is 52.7 Å². The average Bonchev–Trinajstić information content (AvgIpc) is 3.18. The molecular formula is C27H42FN3O2. The fourth-order valence-corrected chi connectivity index (χ4v) is 5.81. The number of fused-ring (bicyclic) bond motifs is 2. The lowest BCUT2D eigenvalue weighted by atomic mass is 9.63. The maximum atomic E-state index is 14.3. The summed E-state index contributed by atoms with van der Waals surface area (Å²) < 4.78 is 14.3. The van der Waals surface area contributed by atoms with Gasteiger partial charge in [0.05, 0.1) is 6.04 Å². The number of nitrogens with zero attached hydrogens (tertiary/aromatic N) is 2. The van der Waals surface area contributed by atoms with Crippen molar-refractivity contribution >= 4 is 11.8 Å². The Morgan fingerprint density at radius 3 is 2.61 bits per heavy atom. The van der Waals surface area contributed by atoms with Crippen LogP contribution in [0.1, 0.15) is 90.7 Å². The van der Waals surface area contributed by atoms with Gasteiger partial charge in [-0.3, -0.25) is 9.59 Å². The molecular weight excluding hydrogens is 417 g/mol. The van der Waals surface area contributed by atoms with Gasteiger partial charge in [0, 0.05) is 27.4 Å². The summed E-state index contributed by atoms with van der Waals surface area (Å²) in [5.41, 5.74) is 2.53. The van der Waals surface area contributed by atoms with E-state index in [0.717, 1.165) is 69.4 Å². The van der Waals surface area contributed by atoms with Crippen LogP contribution in [0.25, 0.3) is 0 Å². The molecule has 2 heterocycles. The highest BCUT2D eigenvalue weighted by Gasteiger charge is 2.42. The fourth-order valence-electron chi connectivity index (χ4n) is 5.81. The van der Waals surface area contributed by atoms with Crippen LogP contribution >= 0.6 is 0 Å². The smallest absolute Gasteiger partial charge is 0.222 e. The summed E-state index contributed by atoms with van der Waals surface area (Å²) in [6.45, 7) is 11.3. The van der Waals surface area contributed by atoms with Gasteiger partial charge in [0.1, 0.15) is 5.82 Å². The minimum atomic E-state index is -0.192. The first-order chi connectivity index (χ1) is 15.7. The molecule has 2 saturated heterocycles. The predicted octanol–water partition coefficient (Wildman–Crippen LogP) is 4.81. The molecule has 0 saturated carbocycles. The SMILES string of the molecule is CC(C)(C)CCN1CCC2(CC[C@@H](NC(=O)CCN3CCCC3=O)c3ccc(F)cc32)CC1.[HH]. The van der Waals surface area contributed by atoms with Crippen LogP contribution in [0.4, 0.5) is 4.39 Å². The molecule has 4 rings (SSSR count). The maximum absolute atomic E-state index is 14.3. The molecule has 3 aliphatic rings. The first kappa shape index (κ1) is 24.2. The van der Waals surface area contributed by atoms with Gasteiger partial charge in [0.2, 0.25) is 11.8 Å². The van der Waals surface area contributed by atoms with Crippen molar-refractivity contribution in [1.29, 1.82) is 0 Å². The monoisotopic (exact) mass is 459 g/mol. The minimum absolute atomic E-state index is 0. The number of benzene rings is 1. The number of nitrogens with one attached hydrogen (secondary N) is 1. The first-order valence-corrected chi connectivity index (χ1v) is 12.7. The summed E-state index contributed by atoms with van der Waals surface area (Å²) in [5.74, 6) is -0.0668. The Balaban J connectivity index is 0.00000324. The van der Waals surface area contributed by atoms with Crippen molar-refractivity contribution in [3.63, 3.8) is 0 Å². The van der Waals surface area contributed by atoms with Crippen LogP contribution in [0.5, 0.6) is 0 Å². The molecule has 1 aromatic rings. The van der Waals surface area contributed by atoms with Gasteiger partial charge in [0.25, 0.3) is 0 Å². The van der Waals surface area contributed by atoms with Crippen molar-refractivity contribution < 1.29 is 15.4 Å².